The number of carbonyl (C=O) groups excluding carboxylic acids is 1. The smallest absolute Gasteiger partial charge is 0.273 e. The molecule has 3 rings (SSSR count). The third kappa shape index (κ3) is 5.95. The van der Waals surface area contributed by atoms with Gasteiger partial charge in [-0.05, 0) is 29.8 Å². The Morgan fingerprint density at radius 1 is 0.938 bits per heavy atom. The predicted molar refractivity (Wildman–Crippen MR) is 116 cm³/mol. The van der Waals surface area contributed by atoms with Crippen LogP contribution in [0.4, 0.5) is 11.4 Å². The summed E-state index contributed by atoms with van der Waals surface area (Å²) in [5.74, 6) is 0.00220. The molecule has 0 unspecified atom stereocenters. The van der Waals surface area contributed by atoms with E-state index in [0.717, 1.165) is 5.56 Å². The first-order valence-corrected chi connectivity index (χ1v) is 9.43. The van der Waals surface area contributed by atoms with E-state index in [-0.39, 0.29) is 30.0 Å². The number of carbonyl (C=O) groups is 1. The van der Waals surface area contributed by atoms with E-state index in [1.165, 1.54) is 36.5 Å². The minimum absolute atomic E-state index is 0.00198. The summed E-state index contributed by atoms with van der Waals surface area (Å²) in [6, 6.07) is 19.0. The SMILES string of the molecule is O=C(Cc1ccccc1[N+](=O)[O-])N/N=C/c1ccccc1OCc1ccc([N+](=O)[O-])cc1. The van der Waals surface area contributed by atoms with Crippen LogP contribution in [0.1, 0.15) is 16.7 Å². The van der Waals surface area contributed by atoms with Crippen LogP contribution < -0.4 is 10.2 Å². The quantitative estimate of drug-likeness (QED) is 0.309. The van der Waals surface area contributed by atoms with Crippen LogP contribution >= 0.6 is 0 Å². The van der Waals surface area contributed by atoms with Gasteiger partial charge in [-0.15, -0.1) is 0 Å². The summed E-state index contributed by atoms with van der Waals surface area (Å²) >= 11 is 0. The Bertz CT molecular complexity index is 1160. The van der Waals surface area contributed by atoms with Gasteiger partial charge in [0.2, 0.25) is 5.91 Å². The summed E-state index contributed by atoms with van der Waals surface area (Å²) in [5.41, 5.74) is 3.86. The zero-order valence-electron chi connectivity index (χ0n) is 16.7. The minimum Gasteiger partial charge on any atom is -0.488 e. The second-order valence-corrected chi connectivity index (χ2v) is 6.61. The van der Waals surface area contributed by atoms with E-state index in [9.17, 15) is 25.0 Å². The Hall–Kier alpha value is -4.60. The van der Waals surface area contributed by atoms with Gasteiger partial charge in [0.25, 0.3) is 11.4 Å². The van der Waals surface area contributed by atoms with Gasteiger partial charge in [0.15, 0.2) is 0 Å². The Kier molecular flexibility index (Phi) is 7.20. The highest BCUT2D eigenvalue weighted by molar-refractivity contribution is 5.86. The number of nitro groups is 2. The molecule has 0 aliphatic rings. The lowest BCUT2D eigenvalue weighted by Crippen LogP contribution is -2.20. The second-order valence-electron chi connectivity index (χ2n) is 6.61. The van der Waals surface area contributed by atoms with Gasteiger partial charge in [-0.25, -0.2) is 5.43 Å². The van der Waals surface area contributed by atoms with Gasteiger partial charge < -0.3 is 4.74 Å². The van der Waals surface area contributed by atoms with Gasteiger partial charge in [0, 0.05) is 29.3 Å². The number of ether oxygens (including phenoxy) is 1. The van der Waals surface area contributed by atoms with Crippen molar-refractivity contribution in [3.8, 4) is 5.75 Å². The molecule has 3 aromatic carbocycles. The van der Waals surface area contributed by atoms with Crippen LogP contribution in [0.15, 0.2) is 77.9 Å². The van der Waals surface area contributed by atoms with E-state index in [4.69, 9.17) is 4.74 Å². The van der Waals surface area contributed by atoms with E-state index >= 15 is 0 Å². The number of hydrogen-bond acceptors (Lipinski definition) is 7. The molecule has 0 bridgehead atoms. The van der Waals surface area contributed by atoms with Crippen LogP contribution in [-0.4, -0.2) is 22.0 Å². The van der Waals surface area contributed by atoms with E-state index in [1.807, 2.05) is 0 Å². The fourth-order valence-electron chi connectivity index (χ4n) is 2.82. The van der Waals surface area contributed by atoms with Gasteiger partial charge >= 0.3 is 0 Å². The largest absolute Gasteiger partial charge is 0.488 e. The minimum atomic E-state index is -0.537. The number of benzene rings is 3. The third-order valence-electron chi connectivity index (χ3n) is 4.39. The highest BCUT2D eigenvalue weighted by Crippen LogP contribution is 2.20. The maximum atomic E-state index is 12.1. The van der Waals surface area contributed by atoms with Gasteiger partial charge in [-0.2, -0.15) is 5.10 Å². The number of hydrazone groups is 1. The molecule has 3 aromatic rings. The molecular weight excluding hydrogens is 416 g/mol. The van der Waals surface area contributed by atoms with Crippen molar-refractivity contribution in [1.82, 2.24) is 5.43 Å². The molecule has 10 nitrogen and oxygen atoms in total. The molecule has 162 valence electrons. The molecule has 10 heteroatoms. The van der Waals surface area contributed by atoms with E-state index < -0.39 is 15.8 Å². The molecule has 0 heterocycles. The lowest BCUT2D eigenvalue weighted by atomic mass is 10.1. The number of amides is 1. The molecule has 0 aromatic heterocycles. The number of rotatable bonds is 9. The summed E-state index contributed by atoms with van der Waals surface area (Å²) in [6.45, 7) is 0.187. The monoisotopic (exact) mass is 434 g/mol. The molecule has 0 spiro atoms. The number of para-hydroxylation sites is 2. The Morgan fingerprint density at radius 2 is 1.62 bits per heavy atom. The first-order chi connectivity index (χ1) is 15.4. The highest BCUT2D eigenvalue weighted by Gasteiger charge is 2.15. The first kappa shape index (κ1) is 22.1. The lowest BCUT2D eigenvalue weighted by molar-refractivity contribution is -0.385. The van der Waals surface area contributed by atoms with E-state index in [1.54, 1.807) is 42.5 Å². The molecule has 0 fully saturated rings. The van der Waals surface area contributed by atoms with Crippen LogP contribution in [0, 0.1) is 20.2 Å². The summed E-state index contributed by atoms with van der Waals surface area (Å²) in [6.07, 6.45) is 1.22. The summed E-state index contributed by atoms with van der Waals surface area (Å²) < 4.78 is 5.77. The zero-order valence-corrected chi connectivity index (χ0v) is 16.7. The predicted octanol–water partition coefficient (Wildman–Crippen LogP) is 3.77. The fraction of sp³-hybridized carbons (Fsp3) is 0.0909. The molecule has 0 atom stereocenters. The Balaban J connectivity index is 1.60. The summed E-state index contributed by atoms with van der Waals surface area (Å²) in [7, 11) is 0. The molecule has 1 N–H and O–H groups in total. The van der Waals surface area contributed by atoms with Crippen molar-refractivity contribution in [2.45, 2.75) is 13.0 Å². The molecule has 32 heavy (non-hydrogen) atoms. The molecule has 0 saturated carbocycles. The van der Waals surface area contributed by atoms with Crippen molar-refractivity contribution < 1.29 is 19.4 Å². The number of hydrogen-bond donors (Lipinski definition) is 1. The Labute approximate surface area is 182 Å². The first-order valence-electron chi connectivity index (χ1n) is 9.43. The lowest BCUT2D eigenvalue weighted by Gasteiger charge is -2.09. The maximum absolute atomic E-state index is 12.1. The van der Waals surface area contributed by atoms with E-state index in [0.29, 0.717) is 11.3 Å². The summed E-state index contributed by atoms with van der Waals surface area (Å²) in [4.78, 5) is 32.9. The molecule has 0 saturated heterocycles. The topological polar surface area (TPSA) is 137 Å². The molecule has 0 aliphatic carbocycles. The molecule has 1 amide bonds. The highest BCUT2D eigenvalue weighted by atomic mass is 16.6. The van der Waals surface area contributed by atoms with Crippen molar-refractivity contribution in [1.29, 1.82) is 0 Å². The maximum Gasteiger partial charge on any atom is 0.273 e. The molecule has 0 radical (unpaired) electrons. The van der Waals surface area contributed by atoms with Crippen LogP contribution in [0.25, 0.3) is 0 Å². The Morgan fingerprint density at radius 3 is 2.34 bits per heavy atom. The van der Waals surface area contributed by atoms with Gasteiger partial charge in [0.1, 0.15) is 12.4 Å². The van der Waals surface area contributed by atoms with Crippen molar-refractivity contribution in [3.63, 3.8) is 0 Å². The van der Waals surface area contributed by atoms with Crippen LogP contribution in [0.3, 0.4) is 0 Å². The average molecular weight is 434 g/mol. The van der Waals surface area contributed by atoms with Gasteiger partial charge in [0.05, 0.1) is 22.5 Å². The van der Waals surface area contributed by atoms with Crippen molar-refractivity contribution in [3.05, 3.63) is 110 Å². The van der Waals surface area contributed by atoms with Gasteiger partial charge in [-0.3, -0.25) is 25.0 Å². The zero-order chi connectivity index (χ0) is 22.9. The third-order valence-corrected chi connectivity index (χ3v) is 4.39. The second kappa shape index (κ2) is 10.4. The van der Waals surface area contributed by atoms with Crippen molar-refractivity contribution in [2.24, 2.45) is 5.10 Å². The van der Waals surface area contributed by atoms with Crippen LogP contribution in [-0.2, 0) is 17.8 Å². The number of nitrogens with one attached hydrogen (secondary N) is 1. The normalized spacial score (nSPS) is 10.6. The average Bonchev–Trinajstić information content (AvgIpc) is 2.79. The number of non-ortho nitro benzene ring substituents is 1. The fourth-order valence-corrected chi connectivity index (χ4v) is 2.82. The van der Waals surface area contributed by atoms with Crippen LogP contribution in [0.2, 0.25) is 0 Å². The van der Waals surface area contributed by atoms with E-state index in [2.05, 4.69) is 10.5 Å². The van der Waals surface area contributed by atoms with Crippen molar-refractivity contribution >= 4 is 23.5 Å². The summed E-state index contributed by atoms with van der Waals surface area (Å²) in [5, 5.41) is 25.7. The number of nitro benzene ring substituents is 2. The number of nitrogens with zero attached hydrogens (tertiary/aromatic N) is 3. The standard InChI is InChI=1S/C22H18N4O6/c27-22(13-17-5-1-3-7-20(17)26(30)31)24-23-14-18-6-2-4-8-21(18)32-15-16-9-11-19(12-10-16)25(28)29/h1-12,14H,13,15H2,(H,24,27)/b23-14+. The van der Waals surface area contributed by atoms with Crippen molar-refractivity contribution in [2.75, 3.05) is 0 Å². The molecular formula is C22H18N4O6. The van der Waals surface area contributed by atoms with Gasteiger partial charge in [-0.1, -0.05) is 30.3 Å². The van der Waals surface area contributed by atoms with Crippen LogP contribution in [0.5, 0.6) is 5.75 Å². The molecule has 0 aliphatic heterocycles.